The Morgan fingerprint density at radius 2 is 1.89 bits per heavy atom. The maximum Gasteiger partial charge on any atom is 0.338 e. The minimum absolute atomic E-state index is 0.139. The van der Waals surface area contributed by atoms with E-state index in [1.807, 2.05) is 33.8 Å². The van der Waals surface area contributed by atoms with Crippen LogP contribution in [0.15, 0.2) is 12.1 Å². The average molecular weight is 251 g/mol. The highest BCUT2D eigenvalue weighted by molar-refractivity contribution is 5.92. The van der Waals surface area contributed by atoms with Gasteiger partial charge in [0.05, 0.1) is 18.3 Å². The molecule has 0 saturated carbocycles. The second-order valence-corrected chi connectivity index (χ2v) is 4.58. The smallest absolute Gasteiger partial charge is 0.338 e. The highest BCUT2D eigenvalue weighted by Crippen LogP contribution is 2.18. The fourth-order valence-corrected chi connectivity index (χ4v) is 1.58. The van der Waals surface area contributed by atoms with Crippen molar-refractivity contribution in [2.24, 2.45) is 0 Å². The maximum absolute atomic E-state index is 11.8. The quantitative estimate of drug-likeness (QED) is 0.496. The summed E-state index contributed by atoms with van der Waals surface area (Å²) in [6, 6.07) is 3.55. The molecule has 0 unspecified atom stereocenters. The zero-order chi connectivity index (χ0) is 13.7. The van der Waals surface area contributed by atoms with E-state index in [1.54, 1.807) is 6.07 Å². The predicted molar refractivity (Wildman–Crippen MR) is 71.7 cm³/mol. The normalized spacial score (nSPS) is 10.7. The Hall–Kier alpha value is -1.55. The van der Waals surface area contributed by atoms with Crippen molar-refractivity contribution >= 4 is 11.7 Å². The standard InChI is InChI=1S/C14H21NO3/c1-9(2)17-5-6-18-14(16)12-8-13(15)11(4)7-10(12)3/h7-9H,5-6,15H2,1-4H3. The van der Waals surface area contributed by atoms with E-state index in [1.165, 1.54) is 0 Å². The summed E-state index contributed by atoms with van der Waals surface area (Å²) in [5.41, 5.74) is 8.75. The lowest BCUT2D eigenvalue weighted by atomic mass is 10.0. The van der Waals surface area contributed by atoms with Crippen molar-refractivity contribution in [2.45, 2.75) is 33.8 Å². The molecule has 1 aromatic carbocycles. The Balaban J connectivity index is 2.59. The lowest BCUT2D eigenvalue weighted by Gasteiger charge is -2.11. The molecule has 0 amide bonds. The second-order valence-electron chi connectivity index (χ2n) is 4.58. The molecule has 0 heterocycles. The summed E-state index contributed by atoms with van der Waals surface area (Å²) in [7, 11) is 0. The molecule has 1 aromatic rings. The van der Waals surface area contributed by atoms with Gasteiger partial charge < -0.3 is 15.2 Å². The van der Waals surface area contributed by atoms with Crippen molar-refractivity contribution in [3.8, 4) is 0 Å². The third-order valence-corrected chi connectivity index (χ3v) is 2.60. The van der Waals surface area contributed by atoms with E-state index in [2.05, 4.69) is 0 Å². The number of carbonyl (C=O) groups excluding carboxylic acids is 1. The molecule has 0 radical (unpaired) electrons. The lowest BCUT2D eigenvalue weighted by Crippen LogP contribution is -2.14. The molecule has 0 aliphatic rings. The second kappa shape index (κ2) is 6.40. The minimum Gasteiger partial charge on any atom is -0.460 e. The highest BCUT2D eigenvalue weighted by Gasteiger charge is 2.12. The molecule has 0 atom stereocenters. The molecule has 1 rings (SSSR count). The number of nitrogen functional groups attached to an aromatic ring is 1. The molecule has 0 saturated heterocycles. The molecule has 100 valence electrons. The van der Waals surface area contributed by atoms with Crippen LogP contribution in [-0.4, -0.2) is 25.3 Å². The van der Waals surface area contributed by atoms with Crippen LogP contribution in [0, 0.1) is 13.8 Å². The van der Waals surface area contributed by atoms with Crippen LogP contribution in [0.2, 0.25) is 0 Å². The van der Waals surface area contributed by atoms with Gasteiger partial charge in [-0.3, -0.25) is 0 Å². The summed E-state index contributed by atoms with van der Waals surface area (Å²) in [5, 5.41) is 0. The Bertz CT molecular complexity index is 427. The summed E-state index contributed by atoms with van der Waals surface area (Å²) in [4.78, 5) is 11.8. The first-order valence-electron chi connectivity index (χ1n) is 6.07. The van der Waals surface area contributed by atoms with Gasteiger partial charge in [0.2, 0.25) is 0 Å². The van der Waals surface area contributed by atoms with Crippen LogP contribution < -0.4 is 5.73 Å². The number of hydrogen-bond acceptors (Lipinski definition) is 4. The number of hydrogen-bond donors (Lipinski definition) is 1. The number of ether oxygens (including phenoxy) is 2. The van der Waals surface area contributed by atoms with Gasteiger partial charge in [-0.05, 0) is 44.9 Å². The van der Waals surface area contributed by atoms with Crippen LogP contribution in [0.5, 0.6) is 0 Å². The first kappa shape index (κ1) is 14.5. The summed E-state index contributed by atoms with van der Waals surface area (Å²) >= 11 is 0. The van der Waals surface area contributed by atoms with E-state index in [9.17, 15) is 4.79 Å². The fourth-order valence-electron chi connectivity index (χ4n) is 1.58. The highest BCUT2D eigenvalue weighted by atomic mass is 16.6. The van der Waals surface area contributed by atoms with Gasteiger partial charge in [-0.25, -0.2) is 4.79 Å². The van der Waals surface area contributed by atoms with E-state index < -0.39 is 0 Å². The number of anilines is 1. The van der Waals surface area contributed by atoms with E-state index >= 15 is 0 Å². The monoisotopic (exact) mass is 251 g/mol. The van der Waals surface area contributed by atoms with Crippen LogP contribution in [0.25, 0.3) is 0 Å². The zero-order valence-electron chi connectivity index (χ0n) is 11.4. The van der Waals surface area contributed by atoms with Gasteiger partial charge >= 0.3 is 5.97 Å². The Kier molecular flexibility index (Phi) is 5.16. The third kappa shape index (κ3) is 4.04. The molecular weight excluding hydrogens is 230 g/mol. The van der Waals surface area contributed by atoms with Gasteiger partial charge in [-0.2, -0.15) is 0 Å². The minimum atomic E-state index is -0.355. The van der Waals surface area contributed by atoms with E-state index in [0.29, 0.717) is 17.9 Å². The van der Waals surface area contributed by atoms with Gasteiger partial charge in [0.1, 0.15) is 6.61 Å². The Labute approximate surface area is 108 Å². The van der Waals surface area contributed by atoms with Crippen molar-refractivity contribution in [3.63, 3.8) is 0 Å². The van der Waals surface area contributed by atoms with Crippen molar-refractivity contribution in [1.29, 1.82) is 0 Å². The summed E-state index contributed by atoms with van der Waals surface area (Å²) in [6.45, 7) is 8.31. The van der Waals surface area contributed by atoms with Crippen molar-refractivity contribution in [3.05, 3.63) is 28.8 Å². The Morgan fingerprint density at radius 1 is 1.22 bits per heavy atom. The topological polar surface area (TPSA) is 61.5 Å². The van der Waals surface area contributed by atoms with Crippen LogP contribution >= 0.6 is 0 Å². The molecule has 4 heteroatoms. The average Bonchev–Trinajstić information content (AvgIpc) is 2.28. The number of carbonyl (C=O) groups is 1. The predicted octanol–water partition coefficient (Wildman–Crippen LogP) is 2.47. The third-order valence-electron chi connectivity index (χ3n) is 2.60. The molecule has 0 aliphatic carbocycles. The number of esters is 1. The SMILES string of the molecule is Cc1cc(C)c(C(=O)OCCOC(C)C)cc1N. The van der Waals surface area contributed by atoms with E-state index in [0.717, 1.165) is 11.1 Å². The lowest BCUT2D eigenvalue weighted by molar-refractivity contribution is 0.0176. The van der Waals surface area contributed by atoms with E-state index in [4.69, 9.17) is 15.2 Å². The number of aryl methyl sites for hydroxylation is 2. The molecule has 0 bridgehead atoms. The van der Waals surface area contributed by atoms with Gasteiger partial charge in [0.25, 0.3) is 0 Å². The fraction of sp³-hybridized carbons (Fsp3) is 0.500. The van der Waals surface area contributed by atoms with Gasteiger partial charge in [-0.15, -0.1) is 0 Å². The number of rotatable bonds is 5. The summed E-state index contributed by atoms with van der Waals surface area (Å²) < 4.78 is 10.4. The zero-order valence-corrected chi connectivity index (χ0v) is 11.4. The van der Waals surface area contributed by atoms with Crippen molar-refractivity contribution in [2.75, 3.05) is 18.9 Å². The van der Waals surface area contributed by atoms with Gasteiger partial charge in [-0.1, -0.05) is 6.07 Å². The molecule has 0 aliphatic heterocycles. The van der Waals surface area contributed by atoms with Crippen LogP contribution in [0.4, 0.5) is 5.69 Å². The summed E-state index contributed by atoms with van der Waals surface area (Å²) in [6.07, 6.45) is 0.139. The van der Waals surface area contributed by atoms with Crippen LogP contribution in [-0.2, 0) is 9.47 Å². The molecule has 0 spiro atoms. The number of benzene rings is 1. The summed E-state index contributed by atoms with van der Waals surface area (Å²) in [5.74, 6) is -0.355. The van der Waals surface area contributed by atoms with Crippen LogP contribution in [0.1, 0.15) is 35.3 Å². The van der Waals surface area contributed by atoms with Crippen molar-refractivity contribution in [1.82, 2.24) is 0 Å². The van der Waals surface area contributed by atoms with Gasteiger partial charge in [0.15, 0.2) is 0 Å². The Morgan fingerprint density at radius 3 is 2.50 bits per heavy atom. The molecule has 0 fully saturated rings. The van der Waals surface area contributed by atoms with E-state index in [-0.39, 0.29) is 18.7 Å². The van der Waals surface area contributed by atoms with Crippen LogP contribution in [0.3, 0.4) is 0 Å². The first-order chi connectivity index (χ1) is 8.41. The molecule has 4 nitrogen and oxygen atoms in total. The maximum atomic E-state index is 11.8. The molecule has 2 N–H and O–H groups in total. The molecule has 0 aromatic heterocycles. The molecular formula is C14H21NO3. The number of nitrogens with two attached hydrogens (primary N) is 1. The van der Waals surface area contributed by atoms with Crippen molar-refractivity contribution < 1.29 is 14.3 Å². The molecule has 18 heavy (non-hydrogen) atoms. The largest absolute Gasteiger partial charge is 0.460 e. The van der Waals surface area contributed by atoms with Gasteiger partial charge in [0, 0.05) is 5.69 Å². The first-order valence-corrected chi connectivity index (χ1v) is 6.07.